The highest BCUT2D eigenvalue weighted by molar-refractivity contribution is 7.90. The molecule has 0 spiro atoms. The number of aromatic nitrogens is 2. The summed E-state index contributed by atoms with van der Waals surface area (Å²) in [6.07, 6.45) is 17.6. The summed E-state index contributed by atoms with van der Waals surface area (Å²) in [6, 6.07) is -0.662. The second-order valence-corrected chi connectivity index (χ2v) is 15.7. The smallest absolute Gasteiger partial charge is 0.328 e. The molecule has 7 nitrogen and oxygen atoms in total. The normalized spacial score (nSPS) is 38.8. The van der Waals surface area contributed by atoms with Crippen LogP contribution in [0.25, 0.3) is 0 Å². The number of sulfonamides is 1. The Bertz CT molecular complexity index is 1130. The summed E-state index contributed by atoms with van der Waals surface area (Å²) < 4.78 is 28.7. The number of urea groups is 1. The van der Waals surface area contributed by atoms with E-state index in [-0.39, 0.29) is 4.90 Å². The van der Waals surface area contributed by atoms with Crippen molar-refractivity contribution in [1.82, 2.24) is 19.8 Å². The SMILES string of the molecule is CC[C@H]1C[C@H]2C3CCC([C@H](C)CCNC(=O)NS(=O)(=O)c4cnn(CC)c4)[C@@]3(C)CC[C@@H]2[C@@]2(C)CCCC[C@@H]12. The molecule has 1 aromatic heterocycles. The Kier molecular flexibility index (Phi) is 8.17. The minimum atomic E-state index is -3.92. The van der Waals surface area contributed by atoms with Crippen LogP contribution >= 0.6 is 0 Å². The molecule has 0 radical (unpaired) electrons. The van der Waals surface area contributed by atoms with E-state index in [0.717, 1.165) is 36.0 Å². The second kappa shape index (κ2) is 11.0. The van der Waals surface area contributed by atoms with Gasteiger partial charge in [-0.1, -0.05) is 47.0 Å². The van der Waals surface area contributed by atoms with Crippen LogP contribution in [0.15, 0.2) is 17.3 Å². The van der Waals surface area contributed by atoms with Gasteiger partial charge in [-0.3, -0.25) is 4.68 Å². The molecule has 0 aliphatic heterocycles. The van der Waals surface area contributed by atoms with Crippen LogP contribution < -0.4 is 10.0 Å². The number of carbonyl (C=O) groups is 1. The van der Waals surface area contributed by atoms with Gasteiger partial charge in [0.1, 0.15) is 4.90 Å². The first kappa shape index (κ1) is 28.9. The lowest BCUT2D eigenvalue weighted by atomic mass is 9.42. The zero-order valence-electron chi connectivity index (χ0n) is 24.9. The molecule has 4 saturated carbocycles. The molecule has 4 aliphatic carbocycles. The van der Waals surface area contributed by atoms with Crippen molar-refractivity contribution in [1.29, 1.82) is 0 Å². The fourth-order valence-electron chi connectivity index (χ4n) is 10.5. The lowest BCUT2D eigenvalue weighted by molar-refractivity contribution is -0.138. The van der Waals surface area contributed by atoms with Crippen LogP contribution in [-0.4, -0.2) is 30.8 Å². The molecule has 5 rings (SSSR count). The van der Waals surface area contributed by atoms with Crippen molar-refractivity contribution < 1.29 is 13.2 Å². The third kappa shape index (κ3) is 5.17. The van der Waals surface area contributed by atoms with E-state index >= 15 is 0 Å². The zero-order chi connectivity index (χ0) is 28.0. The third-order valence-electron chi connectivity index (χ3n) is 12.4. The van der Waals surface area contributed by atoms with Crippen LogP contribution in [0.4, 0.5) is 4.79 Å². The van der Waals surface area contributed by atoms with Gasteiger partial charge in [-0.15, -0.1) is 0 Å². The fourth-order valence-corrected chi connectivity index (χ4v) is 11.4. The van der Waals surface area contributed by atoms with Crippen molar-refractivity contribution in [3.63, 3.8) is 0 Å². The van der Waals surface area contributed by atoms with Crippen LogP contribution in [0.2, 0.25) is 0 Å². The minimum absolute atomic E-state index is 0.00910. The highest BCUT2D eigenvalue weighted by Gasteiger charge is 2.61. The molecular weight excluding hydrogens is 508 g/mol. The molecule has 8 heteroatoms. The lowest BCUT2D eigenvalue weighted by Crippen LogP contribution is -2.55. The van der Waals surface area contributed by atoms with E-state index in [9.17, 15) is 13.2 Å². The van der Waals surface area contributed by atoms with E-state index in [4.69, 9.17) is 0 Å². The number of amides is 2. The van der Waals surface area contributed by atoms with Gasteiger partial charge in [-0.2, -0.15) is 5.10 Å². The Morgan fingerprint density at radius 3 is 2.56 bits per heavy atom. The molecule has 0 saturated heterocycles. The van der Waals surface area contributed by atoms with Crippen molar-refractivity contribution in [2.24, 2.45) is 52.3 Å². The standard InChI is InChI=1S/C31H52N4O3S/c1-6-22-18-24-27-12-11-25(31(27,5)16-13-28(24)30(4)15-9-8-10-26(22)30)21(3)14-17-32-29(36)34-39(37,38)23-19-33-35(7-2)20-23/h19-22,24-28H,6-18H2,1-5H3,(H2,32,34,36)/t21-,22+,24+,25?,26+,27?,28+,30+,31-/m1/s1. The average Bonchev–Trinajstić information content (AvgIpc) is 3.52. The van der Waals surface area contributed by atoms with Gasteiger partial charge in [0.15, 0.2) is 0 Å². The molecule has 0 bridgehead atoms. The summed E-state index contributed by atoms with van der Waals surface area (Å²) in [4.78, 5) is 12.4. The Morgan fingerprint density at radius 2 is 1.85 bits per heavy atom. The van der Waals surface area contributed by atoms with Gasteiger partial charge in [0.05, 0.1) is 6.20 Å². The third-order valence-corrected chi connectivity index (χ3v) is 13.7. The van der Waals surface area contributed by atoms with Gasteiger partial charge in [0, 0.05) is 19.3 Å². The largest absolute Gasteiger partial charge is 0.337 e. The highest BCUT2D eigenvalue weighted by atomic mass is 32.2. The summed E-state index contributed by atoms with van der Waals surface area (Å²) in [5, 5.41) is 6.81. The number of hydrogen-bond donors (Lipinski definition) is 2. The number of fused-ring (bicyclic) bond motifs is 5. The summed E-state index contributed by atoms with van der Waals surface area (Å²) in [5.74, 6) is 5.66. The van der Waals surface area contributed by atoms with Gasteiger partial charge < -0.3 is 5.32 Å². The first-order chi connectivity index (χ1) is 18.5. The minimum Gasteiger partial charge on any atom is -0.337 e. The predicted octanol–water partition coefficient (Wildman–Crippen LogP) is 6.60. The molecule has 39 heavy (non-hydrogen) atoms. The van der Waals surface area contributed by atoms with E-state index in [1.165, 1.54) is 81.3 Å². The van der Waals surface area contributed by atoms with Crippen LogP contribution in [0.3, 0.4) is 0 Å². The second-order valence-electron chi connectivity index (χ2n) is 14.0. The Morgan fingerprint density at radius 1 is 1.08 bits per heavy atom. The van der Waals surface area contributed by atoms with Gasteiger partial charge in [0.2, 0.25) is 0 Å². The topological polar surface area (TPSA) is 93.1 Å². The molecule has 2 N–H and O–H groups in total. The Hall–Kier alpha value is -1.57. The van der Waals surface area contributed by atoms with Crippen molar-refractivity contribution in [2.45, 2.75) is 117 Å². The number of hydrogen-bond acceptors (Lipinski definition) is 4. The van der Waals surface area contributed by atoms with Crippen LogP contribution in [0.1, 0.15) is 105 Å². The summed E-state index contributed by atoms with van der Waals surface area (Å²) in [6.45, 7) is 13.0. The molecule has 4 aliphatic rings. The fraction of sp³-hybridized carbons (Fsp3) is 0.871. The van der Waals surface area contributed by atoms with E-state index in [1.807, 2.05) is 6.92 Å². The average molecular weight is 561 g/mol. The van der Waals surface area contributed by atoms with Gasteiger partial charge in [-0.25, -0.2) is 17.9 Å². The first-order valence-corrected chi connectivity index (χ1v) is 17.3. The van der Waals surface area contributed by atoms with Gasteiger partial charge in [0.25, 0.3) is 10.0 Å². The first-order valence-electron chi connectivity index (χ1n) is 15.9. The summed E-state index contributed by atoms with van der Waals surface area (Å²) in [7, 11) is -3.92. The van der Waals surface area contributed by atoms with Gasteiger partial charge >= 0.3 is 6.03 Å². The number of carbonyl (C=O) groups excluding carboxylic acids is 1. The monoisotopic (exact) mass is 560 g/mol. The Balaban J connectivity index is 1.18. The molecule has 0 aromatic carbocycles. The molecule has 220 valence electrons. The van der Waals surface area contributed by atoms with Crippen molar-refractivity contribution in [2.75, 3.05) is 6.54 Å². The quantitative estimate of drug-likeness (QED) is 0.374. The van der Waals surface area contributed by atoms with Crippen molar-refractivity contribution >= 4 is 16.1 Å². The predicted molar refractivity (Wildman–Crippen MR) is 154 cm³/mol. The number of nitrogens with zero attached hydrogens (tertiary/aromatic N) is 2. The van der Waals surface area contributed by atoms with Crippen LogP contribution in [-0.2, 0) is 16.6 Å². The lowest BCUT2D eigenvalue weighted by Gasteiger charge is -2.63. The maximum atomic E-state index is 12.5. The van der Waals surface area contributed by atoms with E-state index in [2.05, 4.69) is 42.8 Å². The molecular formula is C31H52N4O3S. The van der Waals surface area contributed by atoms with Crippen molar-refractivity contribution in [3.05, 3.63) is 12.4 Å². The number of nitrogens with one attached hydrogen (secondary N) is 2. The number of rotatable bonds is 8. The Labute approximate surface area is 236 Å². The summed E-state index contributed by atoms with van der Waals surface area (Å²) in [5.41, 5.74) is 0.946. The maximum absolute atomic E-state index is 12.5. The van der Waals surface area contributed by atoms with Crippen LogP contribution in [0, 0.1) is 52.3 Å². The number of aryl methyl sites for hydroxylation is 1. The molecule has 1 aromatic rings. The molecule has 2 amide bonds. The van der Waals surface area contributed by atoms with Crippen LogP contribution in [0.5, 0.6) is 0 Å². The van der Waals surface area contributed by atoms with E-state index in [0.29, 0.717) is 35.8 Å². The van der Waals surface area contributed by atoms with E-state index < -0.39 is 16.1 Å². The maximum Gasteiger partial charge on any atom is 0.328 e. The highest BCUT2D eigenvalue weighted by Crippen LogP contribution is 2.69. The van der Waals surface area contributed by atoms with E-state index in [1.54, 1.807) is 0 Å². The molecule has 1 heterocycles. The molecule has 9 atom stereocenters. The van der Waals surface area contributed by atoms with Crippen molar-refractivity contribution in [3.8, 4) is 0 Å². The van der Waals surface area contributed by atoms with Gasteiger partial charge in [-0.05, 0) is 111 Å². The summed E-state index contributed by atoms with van der Waals surface area (Å²) >= 11 is 0. The molecule has 2 unspecified atom stereocenters. The zero-order valence-corrected chi connectivity index (χ0v) is 25.7. The molecule has 4 fully saturated rings.